The number of para-hydroxylation sites is 2. The smallest absolute Gasteiger partial charge is 0.227 e. The zero-order chi connectivity index (χ0) is 20.8. The number of rotatable bonds is 7. The number of hydrogen-bond donors (Lipinski definition) is 1. The molecule has 0 bridgehead atoms. The van der Waals surface area contributed by atoms with E-state index in [2.05, 4.69) is 20.8 Å². The molecule has 0 unspecified atom stereocenters. The van der Waals surface area contributed by atoms with E-state index in [1.165, 1.54) is 0 Å². The third-order valence-corrected chi connectivity index (χ3v) is 5.65. The van der Waals surface area contributed by atoms with Gasteiger partial charge in [0.05, 0.1) is 25.3 Å². The summed E-state index contributed by atoms with van der Waals surface area (Å²) in [6.45, 7) is 7.56. The van der Waals surface area contributed by atoms with Crippen LogP contribution in [0.25, 0.3) is 0 Å². The average Bonchev–Trinajstić information content (AvgIpc) is 2.72. The highest BCUT2D eigenvalue weighted by molar-refractivity contribution is 9.10. The Balaban J connectivity index is 1.65. The van der Waals surface area contributed by atoms with E-state index in [-0.39, 0.29) is 11.7 Å². The number of hydrogen-bond acceptors (Lipinski definition) is 5. The molecule has 156 valence electrons. The number of piperazine rings is 1. The van der Waals surface area contributed by atoms with Crippen molar-refractivity contribution in [1.29, 1.82) is 0 Å². The number of benzene rings is 2. The minimum absolute atomic E-state index is 0.0780. The number of phenolic OH excluding ortho intramolecular Hbond substituents is 1. The monoisotopic (exact) mass is 462 g/mol. The van der Waals surface area contributed by atoms with Gasteiger partial charge in [-0.3, -0.25) is 4.79 Å². The third-order valence-electron chi connectivity index (χ3n) is 4.91. The highest BCUT2D eigenvalue weighted by Gasteiger charge is 2.23. The number of aromatic hydroxyl groups is 1. The molecule has 0 aromatic heterocycles. The lowest BCUT2D eigenvalue weighted by atomic mass is 10.1. The van der Waals surface area contributed by atoms with E-state index >= 15 is 0 Å². The Morgan fingerprint density at radius 1 is 1.03 bits per heavy atom. The van der Waals surface area contributed by atoms with E-state index in [0.29, 0.717) is 57.3 Å². The first-order valence-corrected chi connectivity index (χ1v) is 10.7. The molecule has 0 radical (unpaired) electrons. The number of anilines is 1. The molecule has 1 saturated heterocycles. The number of carbonyl (C=O) groups excluding carboxylic acids is 1. The Kier molecular flexibility index (Phi) is 7.25. The number of ether oxygens (including phenoxy) is 2. The molecule has 3 rings (SSSR count). The molecule has 1 heterocycles. The van der Waals surface area contributed by atoms with Gasteiger partial charge in [-0.1, -0.05) is 28.1 Å². The maximum Gasteiger partial charge on any atom is 0.227 e. The first kappa shape index (κ1) is 21.3. The van der Waals surface area contributed by atoms with Crippen molar-refractivity contribution in [3.8, 4) is 17.2 Å². The predicted molar refractivity (Wildman–Crippen MR) is 117 cm³/mol. The van der Waals surface area contributed by atoms with Crippen LogP contribution >= 0.6 is 15.9 Å². The van der Waals surface area contributed by atoms with Crippen LogP contribution in [0.3, 0.4) is 0 Å². The third kappa shape index (κ3) is 5.15. The van der Waals surface area contributed by atoms with Gasteiger partial charge >= 0.3 is 0 Å². The SMILES string of the molecule is CCOc1cc(Br)c(CC(=O)N2CCN(c3ccccc3O)CC2)cc1OCC. The standard InChI is InChI=1S/C22H27BrN2O4/c1-3-28-20-13-16(17(23)15-21(20)29-4-2)14-22(27)25-11-9-24(10-12-25)18-7-5-6-8-19(18)26/h5-8,13,15,26H,3-4,9-12,14H2,1-2H3. The Bertz CT molecular complexity index is 851. The van der Waals surface area contributed by atoms with Crippen LogP contribution < -0.4 is 14.4 Å². The van der Waals surface area contributed by atoms with Crippen molar-refractivity contribution in [2.24, 2.45) is 0 Å². The van der Waals surface area contributed by atoms with E-state index in [0.717, 1.165) is 15.7 Å². The molecular formula is C22H27BrN2O4. The van der Waals surface area contributed by atoms with Crippen molar-refractivity contribution in [3.63, 3.8) is 0 Å². The van der Waals surface area contributed by atoms with Gasteiger partial charge in [-0.2, -0.15) is 0 Å². The molecule has 7 heteroatoms. The summed E-state index contributed by atoms with van der Waals surface area (Å²) in [6, 6.07) is 11.1. The zero-order valence-electron chi connectivity index (χ0n) is 16.9. The quantitative estimate of drug-likeness (QED) is 0.676. The number of phenols is 1. The van der Waals surface area contributed by atoms with Crippen LogP contribution in [0, 0.1) is 0 Å². The lowest BCUT2D eigenvalue weighted by Gasteiger charge is -2.36. The summed E-state index contributed by atoms with van der Waals surface area (Å²) in [5, 5.41) is 10.0. The Hall–Kier alpha value is -2.41. The van der Waals surface area contributed by atoms with Crippen molar-refractivity contribution in [2.75, 3.05) is 44.3 Å². The van der Waals surface area contributed by atoms with Crippen LogP contribution in [0.5, 0.6) is 17.2 Å². The highest BCUT2D eigenvalue weighted by atomic mass is 79.9. The fourth-order valence-corrected chi connectivity index (χ4v) is 3.91. The van der Waals surface area contributed by atoms with Crippen LogP contribution in [0.1, 0.15) is 19.4 Å². The predicted octanol–water partition coefficient (Wildman–Crippen LogP) is 3.84. The second kappa shape index (κ2) is 9.87. The van der Waals surface area contributed by atoms with Crippen molar-refractivity contribution in [1.82, 2.24) is 4.90 Å². The Morgan fingerprint density at radius 3 is 2.28 bits per heavy atom. The Labute approximate surface area is 180 Å². The van der Waals surface area contributed by atoms with Crippen molar-refractivity contribution < 1.29 is 19.4 Å². The molecule has 2 aromatic carbocycles. The molecule has 1 N–H and O–H groups in total. The fraction of sp³-hybridized carbons (Fsp3) is 0.409. The van der Waals surface area contributed by atoms with Crippen molar-refractivity contribution in [3.05, 3.63) is 46.4 Å². The van der Waals surface area contributed by atoms with E-state index in [1.54, 1.807) is 6.07 Å². The fourth-order valence-electron chi connectivity index (χ4n) is 3.45. The molecule has 0 spiro atoms. The van der Waals surface area contributed by atoms with Gasteiger partial charge in [0.2, 0.25) is 5.91 Å². The summed E-state index contributed by atoms with van der Waals surface area (Å²) in [4.78, 5) is 16.9. The molecular weight excluding hydrogens is 436 g/mol. The summed E-state index contributed by atoms with van der Waals surface area (Å²) in [6.07, 6.45) is 0.295. The van der Waals surface area contributed by atoms with Crippen LogP contribution in [0.4, 0.5) is 5.69 Å². The van der Waals surface area contributed by atoms with E-state index in [1.807, 2.05) is 49.1 Å². The van der Waals surface area contributed by atoms with Gasteiger partial charge in [-0.05, 0) is 43.7 Å². The maximum atomic E-state index is 12.9. The lowest BCUT2D eigenvalue weighted by molar-refractivity contribution is -0.130. The minimum atomic E-state index is 0.0780. The number of carbonyl (C=O) groups is 1. The first-order valence-electron chi connectivity index (χ1n) is 9.92. The molecule has 0 aliphatic carbocycles. The van der Waals surface area contributed by atoms with Crippen LogP contribution in [0.15, 0.2) is 40.9 Å². The van der Waals surface area contributed by atoms with Crippen LogP contribution in [-0.4, -0.2) is 55.3 Å². The maximum absolute atomic E-state index is 12.9. The first-order chi connectivity index (χ1) is 14.0. The summed E-state index contributed by atoms with van der Waals surface area (Å²) in [7, 11) is 0. The van der Waals surface area contributed by atoms with Gasteiger partial charge in [0, 0.05) is 30.7 Å². The van der Waals surface area contributed by atoms with Gasteiger partial charge in [0.1, 0.15) is 5.75 Å². The molecule has 2 aromatic rings. The van der Waals surface area contributed by atoms with Gasteiger partial charge in [0.25, 0.3) is 0 Å². The number of halogens is 1. The molecule has 0 saturated carbocycles. The van der Waals surface area contributed by atoms with Gasteiger partial charge in [0.15, 0.2) is 11.5 Å². The van der Waals surface area contributed by atoms with Gasteiger partial charge < -0.3 is 24.4 Å². The van der Waals surface area contributed by atoms with Crippen molar-refractivity contribution >= 4 is 27.5 Å². The summed E-state index contributed by atoms with van der Waals surface area (Å²) < 4.78 is 12.2. The highest BCUT2D eigenvalue weighted by Crippen LogP contribution is 2.34. The minimum Gasteiger partial charge on any atom is -0.506 e. The molecule has 1 aliphatic rings. The number of amides is 1. The van der Waals surface area contributed by atoms with E-state index in [4.69, 9.17) is 9.47 Å². The average molecular weight is 463 g/mol. The van der Waals surface area contributed by atoms with E-state index < -0.39 is 0 Å². The molecule has 0 atom stereocenters. The molecule has 29 heavy (non-hydrogen) atoms. The molecule has 6 nitrogen and oxygen atoms in total. The molecule has 1 aliphatic heterocycles. The largest absolute Gasteiger partial charge is 0.506 e. The topological polar surface area (TPSA) is 62.2 Å². The molecule has 1 fully saturated rings. The van der Waals surface area contributed by atoms with Gasteiger partial charge in [-0.15, -0.1) is 0 Å². The van der Waals surface area contributed by atoms with Crippen LogP contribution in [0.2, 0.25) is 0 Å². The zero-order valence-corrected chi connectivity index (χ0v) is 18.4. The second-order valence-electron chi connectivity index (χ2n) is 6.79. The van der Waals surface area contributed by atoms with Crippen LogP contribution in [-0.2, 0) is 11.2 Å². The summed E-state index contributed by atoms with van der Waals surface area (Å²) in [5.41, 5.74) is 1.69. The van der Waals surface area contributed by atoms with Gasteiger partial charge in [-0.25, -0.2) is 0 Å². The molecule has 1 amide bonds. The summed E-state index contributed by atoms with van der Waals surface area (Å²) in [5.74, 6) is 1.68. The lowest BCUT2D eigenvalue weighted by Crippen LogP contribution is -2.49. The second-order valence-corrected chi connectivity index (χ2v) is 7.64. The van der Waals surface area contributed by atoms with Crippen molar-refractivity contribution in [2.45, 2.75) is 20.3 Å². The Morgan fingerprint density at radius 2 is 1.66 bits per heavy atom. The summed E-state index contributed by atoms with van der Waals surface area (Å²) >= 11 is 3.56. The normalized spacial score (nSPS) is 14.0. The number of nitrogens with zero attached hydrogens (tertiary/aromatic N) is 2. The van der Waals surface area contributed by atoms with E-state index in [9.17, 15) is 9.90 Å².